The van der Waals surface area contributed by atoms with Crippen LogP contribution in [-0.4, -0.2) is 33.7 Å². The Labute approximate surface area is 125 Å². The lowest BCUT2D eigenvalue weighted by molar-refractivity contribution is 0.0834. The molecule has 2 N–H and O–H groups in total. The van der Waals surface area contributed by atoms with E-state index in [-0.39, 0.29) is 12.6 Å². The Hall–Kier alpha value is -0.470. The highest BCUT2D eigenvalue weighted by Gasteiger charge is 2.16. The van der Waals surface area contributed by atoms with Gasteiger partial charge < -0.3 is 10.1 Å². The summed E-state index contributed by atoms with van der Waals surface area (Å²) in [5.74, 6) is 0. The van der Waals surface area contributed by atoms with Crippen LogP contribution in [-0.2, 0) is 21.3 Å². The molecule has 7 heteroatoms. The summed E-state index contributed by atoms with van der Waals surface area (Å²) in [6, 6.07) is 3.87. The zero-order chi connectivity index (χ0) is 15.2. The van der Waals surface area contributed by atoms with Crippen LogP contribution in [0.25, 0.3) is 0 Å². The van der Waals surface area contributed by atoms with E-state index >= 15 is 0 Å². The van der Waals surface area contributed by atoms with E-state index < -0.39 is 10.0 Å². The van der Waals surface area contributed by atoms with Crippen LogP contribution in [0.3, 0.4) is 0 Å². The minimum absolute atomic E-state index is 0.106. The first-order chi connectivity index (χ1) is 9.31. The normalized spacial score (nSPS) is 12.5. The van der Waals surface area contributed by atoms with Crippen LogP contribution in [0.5, 0.6) is 0 Å². The fourth-order valence-electron chi connectivity index (χ4n) is 1.44. The molecule has 0 radical (unpaired) electrons. The third-order valence-electron chi connectivity index (χ3n) is 2.43. The van der Waals surface area contributed by atoms with Crippen molar-refractivity contribution in [1.29, 1.82) is 0 Å². The molecule has 0 saturated heterocycles. The lowest BCUT2D eigenvalue weighted by Gasteiger charge is -2.08. The maximum absolute atomic E-state index is 12.1. The van der Waals surface area contributed by atoms with E-state index in [2.05, 4.69) is 23.9 Å². The molecule has 0 aliphatic heterocycles. The summed E-state index contributed by atoms with van der Waals surface area (Å²) in [6.07, 6.45) is 0.106. The molecule has 0 aliphatic carbocycles. The highest BCUT2D eigenvalue weighted by Crippen LogP contribution is 2.21. The van der Waals surface area contributed by atoms with Crippen molar-refractivity contribution >= 4 is 21.4 Å². The third kappa shape index (κ3) is 6.32. The predicted molar refractivity (Wildman–Crippen MR) is 82.6 cm³/mol. The molecule has 0 amide bonds. The molecule has 5 nitrogen and oxygen atoms in total. The SMILES string of the molecule is CC(C)NCc1ccc(S(=O)(=O)NCCOC(C)C)s1. The molecule has 1 rings (SSSR count). The Bertz CT molecular complexity index is 495. The third-order valence-corrected chi connectivity index (χ3v) is 5.47. The number of nitrogens with one attached hydrogen (secondary N) is 2. The fraction of sp³-hybridized carbons (Fsp3) is 0.692. The summed E-state index contributed by atoms with van der Waals surface area (Å²) >= 11 is 1.29. The fourth-order valence-corrected chi connectivity index (χ4v) is 3.81. The van der Waals surface area contributed by atoms with Gasteiger partial charge in [0.2, 0.25) is 10.0 Å². The smallest absolute Gasteiger partial charge is 0.250 e. The van der Waals surface area contributed by atoms with E-state index in [0.717, 1.165) is 4.88 Å². The predicted octanol–water partition coefficient (Wildman–Crippen LogP) is 1.95. The summed E-state index contributed by atoms with van der Waals surface area (Å²) in [7, 11) is -3.42. The Balaban J connectivity index is 2.51. The van der Waals surface area contributed by atoms with Gasteiger partial charge in [0.05, 0.1) is 12.7 Å². The molecule has 116 valence electrons. The molecular weight excluding hydrogens is 296 g/mol. The summed E-state index contributed by atoms with van der Waals surface area (Å²) in [6.45, 7) is 9.31. The van der Waals surface area contributed by atoms with Gasteiger partial charge in [0.15, 0.2) is 0 Å². The van der Waals surface area contributed by atoms with Crippen LogP contribution in [0.1, 0.15) is 32.6 Å². The molecule has 0 bridgehead atoms. The number of thiophene rings is 1. The Morgan fingerprint density at radius 1 is 1.25 bits per heavy atom. The highest BCUT2D eigenvalue weighted by molar-refractivity contribution is 7.91. The minimum atomic E-state index is -3.42. The molecule has 0 saturated carbocycles. The van der Waals surface area contributed by atoms with Crippen molar-refractivity contribution in [1.82, 2.24) is 10.0 Å². The molecule has 20 heavy (non-hydrogen) atoms. The average molecular weight is 320 g/mol. The molecule has 0 aromatic carbocycles. The monoisotopic (exact) mass is 320 g/mol. The standard InChI is InChI=1S/C13H24N2O3S2/c1-10(2)14-9-12-5-6-13(19-12)20(16,17)15-7-8-18-11(3)4/h5-6,10-11,14-15H,7-9H2,1-4H3. The van der Waals surface area contributed by atoms with E-state index in [0.29, 0.717) is 23.4 Å². The van der Waals surface area contributed by atoms with Crippen LogP contribution >= 0.6 is 11.3 Å². The van der Waals surface area contributed by atoms with Crippen LogP contribution in [0.4, 0.5) is 0 Å². The van der Waals surface area contributed by atoms with Gasteiger partial charge in [-0.25, -0.2) is 13.1 Å². The summed E-state index contributed by atoms with van der Waals surface area (Å²) in [4.78, 5) is 1.01. The second-order valence-corrected chi connectivity index (χ2v) is 8.24. The van der Waals surface area contributed by atoms with Crippen LogP contribution in [0.15, 0.2) is 16.3 Å². The van der Waals surface area contributed by atoms with Crippen LogP contribution in [0.2, 0.25) is 0 Å². The first-order valence-corrected chi connectivity index (χ1v) is 9.04. The lowest BCUT2D eigenvalue weighted by atomic mass is 10.4. The van der Waals surface area contributed by atoms with Gasteiger partial charge in [0.1, 0.15) is 4.21 Å². The van der Waals surface area contributed by atoms with Crippen LogP contribution < -0.4 is 10.0 Å². The van der Waals surface area contributed by atoms with Crippen molar-refractivity contribution < 1.29 is 13.2 Å². The van der Waals surface area contributed by atoms with Gasteiger partial charge in [-0.05, 0) is 26.0 Å². The van der Waals surface area contributed by atoms with Crippen molar-refractivity contribution in [3.8, 4) is 0 Å². The zero-order valence-corrected chi connectivity index (χ0v) is 14.1. The van der Waals surface area contributed by atoms with Gasteiger partial charge >= 0.3 is 0 Å². The minimum Gasteiger partial charge on any atom is -0.377 e. The van der Waals surface area contributed by atoms with Gasteiger partial charge in [-0.1, -0.05) is 13.8 Å². The molecule has 0 aliphatic rings. The molecule has 1 aromatic heterocycles. The number of rotatable bonds is 9. The molecule has 0 atom stereocenters. The zero-order valence-electron chi connectivity index (χ0n) is 12.5. The lowest BCUT2D eigenvalue weighted by Crippen LogP contribution is -2.27. The van der Waals surface area contributed by atoms with E-state index in [1.165, 1.54) is 11.3 Å². The van der Waals surface area contributed by atoms with Crippen molar-refractivity contribution in [2.75, 3.05) is 13.2 Å². The van der Waals surface area contributed by atoms with Crippen molar-refractivity contribution in [2.24, 2.45) is 0 Å². The summed E-state index contributed by atoms with van der Waals surface area (Å²) in [5.41, 5.74) is 0. The van der Waals surface area contributed by atoms with Crippen molar-refractivity contribution in [3.05, 3.63) is 17.0 Å². The second-order valence-electron chi connectivity index (χ2n) is 5.07. The molecule has 0 spiro atoms. The maximum atomic E-state index is 12.1. The molecule has 1 aromatic rings. The number of hydrogen-bond acceptors (Lipinski definition) is 5. The van der Waals surface area contributed by atoms with Gasteiger partial charge in [-0.15, -0.1) is 11.3 Å². The van der Waals surface area contributed by atoms with Gasteiger partial charge in [0.25, 0.3) is 0 Å². The first kappa shape index (κ1) is 17.6. The average Bonchev–Trinajstić information content (AvgIpc) is 2.81. The molecule has 1 heterocycles. The maximum Gasteiger partial charge on any atom is 0.250 e. The number of ether oxygens (including phenoxy) is 1. The van der Waals surface area contributed by atoms with Gasteiger partial charge in [-0.2, -0.15) is 0 Å². The molecule has 0 fully saturated rings. The Morgan fingerprint density at radius 3 is 2.55 bits per heavy atom. The Morgan fingerprint density at radius 2 is 1.95 bits per heavy atom. The number of hydrogen-bond donors (Lipinski definition) is 2. The van der Waals surface area contributed by atoms with E-state index in [1.54, 1.807) is 6.07 Å². The van der Waals surface area contributed by atoms with Gasteiger partial charge in [0, 0.05) is 24.0 Å². The van der Waals surface area contributed by atoms with Gasteiger partial charge in [-0.3, -0.25) is 0 Å². The molecular formula is C13H24N2O3S2. The second kappa shape index (κ2) is 8.09. The summed E-state index contributed by atoms with van der Waals surface area (Å²) < 4.78 is 32.3. The topological polar surface area (TPSA) is 67.4 Å². The molecule has 0 unspecified atom stereocenters. The van der Waals surface area contributed by atoms with E-state index in [9.17, 15) is 8.42 Å². The van der Waals surface area contributed by atoms with Crippen molar-refractivity contribution in [3.63, 3.8) is 0 Å². The quantitative estimate of drug-likeness (QED) is 0.683. The summed E-state index contributed by atoms with van der Waals surface area (Å²) in [5, 5.41) is 3.27. The first-order valence-electron chi connectivity index (χ1n) is 6.74. The van der Waals surface area contributed by atoms with Crippen molar-refractivity contribution in [2.45, 2.75) is 50.6 Å². The number of sulfonamides is 1. The van der Waals surface area contributed by atoms with E-state index in [4.69, 9.17) is 4.74 Å². The largest absolute Gasteiger partial charge is 0.377 e. The van der Waals surface area contributed by atoms with Crippen LogP contribution in [0, 0.1) is 0 Å². The van der Waals surface area contributed by atoms with E-state index in [1.807, 2.05) is 19.9 Å². The highest BCUT2D eigenvalue weighted by atomic mass is 32.2. The Kier molecular flexibility index (Phi) is 7.11.